The monoisotopic (exact) mass is 557 g/mol. The van der Waals surface area contributed by atoms with Crippen LogP contribution < -0.4 is 10.2 Å². The normalized spacial score (nSPS) is 15.8. The van der Waals surface area contributed by atoms with Gasteiger partial charge in [0.05, 0.1) is 17.7 Å². The molecule has 1 atom stereocenters. The topological polar surface area (TPSA) is 74.2 Å². The van der Waals surface area contributed by atoms with E-state index in [1.165, 1.54) is 11.3 Å². The minimum atomic E-state index is 0.200. The Morgan fingerprint density at radius 2 is 1.97 bits per heavy atom. The molecule has 0 spiro atoms. The van der Waals surface area contributed by atoms with Crippen molar-refractivity contribution in [2.75, 3.05) is 33.5 Å². The van der Waals surface area contributed by atoms with Gasteiger partial charge in [-0.1, -0.05) is 61.2 Å². The lowest BCUT2D eigenvalue weighted by molar-refractivity contribution is 0.112. The number of nitrogens with zero attached hydrogens (tertiary/aromatic N) is 2. The summed E-state index contributed by atoms with van der Waals surface area (Å²) in [5.74, 6) is 1.95. The molecular weight excluding hydrogens is 514 g/mol. The van der Waals surface area contributed by atoms with Crippen LogP contribution in [-0.4, -0.2) is 55.7 Å². The molecule has 0 bridgehead atoms. The number of rotatable bonds is 10. The second-order valence-electron chi connectivity index (χ2n) is 8.73. The first-order valence-electron chi connectivity index (χ1n) is 12.8. The van der Waals surface area contributed by atoms with Gasteiger partial charge in [-0.2, -0.15) is 12.6 Å². The Labute approximate surface area is 238 Å². The maximum absolute atomic E-state index is 11.2. The average Bonchev–Trinajstić information content (AvgIpc) is 3.21. The molecule has 0 fully saturated rings. The fourth-order valence-corrected chi connectivity index (χ4v) is 4.91. The van der Waals surface area contributed by atoms with Crippen LogP contribution >= 0.6 is 24.0 Å². The van der Waals surface area contributed by atoms with E-state index in [4.69, 9.17) is 4.74 Å². The molecule has 38 heavy (non-hydrogen) atoms. The van der Waals surface area contributed by atoms with Gasteiger partial charge in [0.1, 0.15) is 5.75 Å². The van der Waals surface area contributed by atoms with Crippen molar-refractivity contribution in [1.82, 2.24) is 10.4 Å². The molecule has 0 radical (unpaired) electrons. The molecule has 0 saturated carbocycles. The number of aldehydes is 1. The van der Waals surface area contributed by atoms with Gasteiger partial charge in [-0.05, 0) is 71.6 Å². The summed E-state index contributed by atoms with van der Waals surface area (Å²) in [7, 11) is 5.60. The number of thiol groups is 1. The number of oxime groups is 1. The molecule has 1 aliphatic carbocycles. The quantitative estimate of drug-likeness (QED) is 0.0574. The van der Waals surface area contributed by atoms with Crippen molar-refractivity contribution in [3.05, 3.63) is 88.2 Å². The van der Waals surface area contributed by atoms with Crippen LogP contribution in [0.2, 0.25) is 0 Å². The number of hydrogen-bond acceptors (Lipinski definition) is 8. The molecular formula is C30H43N3O3S2. The lowest BCUT2D eigenvalue weighted by Gasteiger charge is -2.15. The summed E-state index contributed by atoms with van der Waals surface area (Å²) >= 11 is 5.54. The summed E-state index contributed by atoms with van der Waals surface area (Å²) in [5.41, 5.74) is 7.17. The number of allylic oxidation sites excluding steroid dienone is 5. The zero-order chi connectivity index (χ0) is 28.2. The van der Waals surface area contributed by atoms with E-state index in [2.05, 4.69) is 54.9 Å². The summed E-state index contributed by atoms with van der Waals surface area (Å²) in [5, 5.41) is 16.6. The Kier molecular flexibility index (Phi) is 17.9. The fourth-order valence-electron chi connectivity index (χ4n) is 3.86. The summed E-state index contributed by atoms with van der Waals surface area (Å²) < 4.78 is 5.20. The van der Waals surface area contributed by atoms with Gasteiger partial charge >= 0.3 is 0 Å². The van der Waals surface area contributed by atoms with Crippen molar-refractivity contribution < 1.29 is 14.7 Å². The summed E-state index contributed by atoms with van der Waals surface area (Å²) in [6, 6.07) is 7.95. The molecule has 1 aromatic heterocycles. The Morgan fingerprint density at radius 1 is 1.24 bits per heavy atom. The highest BCUT2D eigenvalue weighted by atomic mass is 32.1. The maximum atomic E-state index is 11.2. The minimum Gasteiger partial charge on any atom is -0.497 e. The molecule has 1 heterocycles. The van der Waals surface area contributed by atoms with E-state index >= 15 is 0 Å². The van der Waals surface area contributed by atoms with Crippen molar-refractivity contribution in [3.8, 4) is 5.75 Å². The summed E-state index contributed by atoms with van der Waals surface area (Å²) in [6.45, 7) is 6.65. The standard InChI is InChI=1S/C17H17NO3S.C9H14S.C4H12N2/c1-21-15-4-2-11(3-5-15)12-6-14(18-20)7-13-10-22-17(9-19)16(13)8-12;1-2-3-4-5-6-7-8-9-10;1-4-5-6(2)3/h2-5,9-10,12,20H,6-8H2,1H3;2-4,6-7,10H,1,5,8-9H2;5H,4H2,1-3H3/b18-14+;4-3-,7-6-;. The molecule has 1 aromatic carbocycles. The SMILES string of the molecule is C=C/C=C\C/C=C\CCS.CCNN(C)C.COc1ccc(C2C/C(=N\O)Cc3csc(C=O)c3C2)cc1. The van der Waals surface area contributed by atoms with Gasteiger partial charge in [-0.25, -0.2) is 0 Å². The number of thiophene rings is 1. The van der Waals surface area contributed by atoms with Crippen LogP contribution in [0.5, 0.6) is 5.75 Å². The molecule has 2 aromatic rings. The van der Waals surface area contributed by atoms with E-state index in [0.717, 1.165) is 70.9 Å². The van der Waals surface area contributed by atoms with E-state index in [1.54, 1.807) is 13.2 Å². The molecule has 1 unspecified atom stereocenters. The van der Waals surface area contributed by atoms with Gasteiger partial charge < -0.3 is 9.94 Å². The van der Waals surface area contributed by atoms with Crippen LogP contribution in [-0.2, 0) is 12.8 Å². The van der Waals surface area contributed by atoms with Crippen molar-refractivity contribution in [2.45, 2.75) is 44.9 Å². The number of ether oxygens (including phenoxy) is 1. The molecule has 0 amide bonds. The highest BCUT2D eigenvalue weighted by molar-refractivity contribution is 7.80. The molecule has 1 aliphatic rings. The second kappa shape index (κ2) is 20.3. The fraction of sp³-hybridized carbons (Fsp3) is 0.400. The second-order valence-corrected chi connectivity index (χ2v) is 10.1. The van der Waals surface area contributed by atoms with E-state index in [0.29, 0.717) is 12.8 Å². The number of methoxy groups -OCH3 is 1. The number of hydrogen-bond donors (Lipinski definition) is 3. The van der Waals surface area contributed by atoms with Crippen molar-refractivity contribution in [3.63, 3.8) is 0 Å². The van der Waals surface area contributed by atoms with Crippen LogP contribution in [0.1, 0.15) is 58.5 Å². The molecule has 8 heteroatoms. The lowest BCUT2D eigenvalue weighted by Crippen LogP contribution is -2.29. The molecule has 3 rings (SSSR count). The largest absolute Gasteiger partial charge is 0.497 e. The number of benzene rings is 1. The van der Waals surface area contributed by atoms with Gasteiger partial charge in [-0.3, -0.25) is 15.2 Å². The van der Waals surface area contributed by atoms with Crippen LogP contribution in [0.25, 0.3) is 0 Å². The van der Waals surface area contributed by atoms with Gasteiger partial charge in [0.2, 0.25) is 0 Å². The Balaban J connectivity index is 0.000000376. The highest BCUT2D eigenvalue weighted by Crippen LogP contribution is 2.35. The predicted molar refractivity (Wildman–Crippen MR) is 166 cm³/mol. The minimum absolute atomic E-state index is 0.200. The first kappa shape index (κ1) is 33.4. The van der Waals surface area contributed by atoms with E-state index in [1.807, 2.05) is 54.8 Å². The zero-order valence-electron chi connectivity index (χ0n) is 23.1. The summed E-state index contributed by atoms with van der Waals surface area (Å²) in [6.07, 6.45) is 15.2. The first-order chi connectivity index (χ1) is 18.4. The molecule has 6 nitrogen and oxygen atoms in total. The van der Waals surface area contributed by atoms with Crippen LogP contribution in [0.3, 0.4) is 0 Å². The highest BCUT2D eigenvalue weighted by Gasteiger charge is 2.25. The van der Waals surface area contributed by atoms with E-state index < -0.39 is 0 Å². The Morgan fingerprint density at radius 3 is 2.50 bits per heavy atom. The van der Waals surface area contributed by atoms with Gasteiger partial charge in [-0.15, -0.1) is 11.3 Å². The molecule has 2 N–H and O–H groups in total. The Hall–Kier alpha value is -2.65. The van der Waals surface area contributed by atoms with Crippen LogP contribution in [0.15, 0.2) is 71.8 Å². The van der Waals surface area contributed by atoms with Crippen molar-refractivity contribution in [1.29, 1.82) is 0 Å². The van der Waals surface area contributed by atoms with Gasteiger partial charge in [0.25, 0.3) is 0 Å². The van der Waals surface area contributed by atoms with E-state index in [9.17, 15) is 10.0 Å². The van der Waals surface area contributed by atoms with Crippen LogP contribution in [0.4, 0.5) is 0 Å². The lowest BCUT2D eigenvalue weighted by atomic mass is 9.89. The zero-order valence-corrected chi connectivity index (χ0v) is 24.8. The number of nitrogens with one attached hydrogen (secondary N) is 1. The number of carbonyl (C=O) groups excluding carboxylic acids is 1. The van der Waals surface area contributed by atoms with E-state index in [-0.39, 0.29) is 5.92 Å². The Bertz CT molecular complexity index is 1030. The average molecular weight is 558 g/mol. The number of carbonyl (C=O) groups is 1. The predicted octanol–water partition coefficient (Wildman–Crippen LogP) is 6.74. The third-order valence-electron chi connectivity index (χ3n) is 5.66. The smallest absolute Gasteiger partial charge is 0.160 e. The first-order valence-corrected chi connectivity index (χ1v) is 14.3. The molecule has 0 aliphatic heterocycles. The number of fused-ring (bicyclic) bond motifs is 1. The third kappa shape index (κ3) is 12.7. The third-order valence-corrected chi connectivity index (χ3v) is 6.91. The van der Waals surface area contributed by atoms with Crippen LogP contribution in [0, 0.1) is 0 Å². The molecule has 208 valence electrons. The number of hydrazine groups is 1. The van der Waals surface area contributed by atoms with Crippen molar-refractivity contribution >= 4 is 36.0 Å². The molecule has 0 saturated heterocycles. The summed E-state index contributed by atoms with van der Waals surface area (Å²) in [4.78, 5) is 12.0. The van der Waals surface area contributed by atoms with Crippen molar-refractivity contribution in [2.24, 2.45) is 5.16 Å². The van der Waals surface area contributed by atoms with Gasteiger partial charge in [0, 0.05) is 27.1 Å². The maximum Gasteiger partial charge on any atom is 0.160 e. The van der Waals surface area contributed by atoms with Gasteiger partial charge in [0.15, 0.2) is 6.29 Å².